The average molecular weight is 479 g/mol. The molecule has 1 saturated heterocycles. The van der Waals surface area contributed by atoms with Crippen LogP contribution in [-0.2, 0) is 25.5 Å². The van der Waals surface area contributed by atoms with Crippen LogP contribution in [0.25, 0.3) is 0 Å². The van der Waals surface area contributed by atoms with E-state index in [2.05, 4.69) is 17.6 Å². The summed E-state index contributed by atoms with van der Waals surface area (Å²) in [5.41, 5.74) is 0.668. The number of ether oxygens (including phenoxy) is 3. The van der Waals surface area contributed by atoms with Crippen molar-refractivity contribution in [1.29, 1.82) is 0 Å². The largest absolute Gasteiger partial charge is 0.504 e. The predicted octanol–water partition coefficient (Wildman–Crippen LogP) is 3.35. The van der Waals surface area contributed by atoms with Crippen molar-refractivity contribution in [2.24, 2.45) is 5.41 Å². The van der Waals surface area contributed by atoms with Crippen molar-refractivity contribution in [1.82, 2.24) is 10.6 Å². The van der Waals surface area contributed by atoms with Crippen molar-refractivity contribution in [3.05, 3.63) is 23.8 Å². The van der Waals surface area contributed by atoms with E-state index in [1.165, 1.54) is 14.0 Å². The monoisotopic (exact) mass is 478 g/mol. The highest BCUT2D eigenvalue weighted by atomic mass is 16.6. The van der Waals surface area contributed by atoms with Crippen molar-refractivity contribution in [2.75, 3.05) is 33.8 Å². The molecule has 34 heavy (non-hydrogen) atoms. The van der Waals surface area contributed by atoms with Gasteiger partial charge in [-0.25, -0.2) is 0 Å². The first-order valence-electron chi connectivity index (χ1n) is 12.4. The fourth-order valence-electron chi connectivity index (χ4n) is 4.86. The molecule has 2 unspecified atom stereocenters. The molecule has 0 saturated carbocycles. The molecule has 0 bridgehead atoms. The van der Waals surface area contributed by atoms with Crippen LogP contribution in [0.2, 0.25) is 0 Å². The minimum Gasteiger partial charge on any atom is -0.504 e. The summed E-state index contributed by atoms with van der Waals surface area (Å²) in [5.74, 6) is -0.121. The molecule has 2 rings (SSSR count). The summed E-state index contributed by atoms with van der Waals surface area (Å²) in [4.78, 5) is 24.5. The fourth-order valence-corrected chi connectivity index (χ4v) is 4.86. The van der Waals surface area contributed by atoms with Crippen LogP contribution in [0.5, 0.6) is 11.5 Å². The molecule has 1 aliphatic rings. The van der Waals surface area contributed by atoms with Crippen LogP contribution < -0.4 is 15.4 Å². The summed E-state index contributed by atoms with van der Waals surface area (Å²) in [6.07, 6.45) is 5.86. The molecule has 0 aromatic heterocycles. The van der Waals surface area contributed by atoms with E-state index in [4.69, 9.17) is 14.2 Å². The van der Waals surface area contributed by atoms with Gasteiger partial charge in [0.05, 0.1) is 13.7 Å². The number of aromatic hydroxyl groups is 1. The standard InChI is InChI=1S/C26H42N2O6/c1-5-6-7-8-21(33-19(2)29)16-24(34-25(31)18-27-3)26(11-13-28-14-12-26)17-20-9-10-22(30)23(15-20)32-4/h9-10,15,21,24,27-28,30H,5-8,11-14,16-18H2,1-4H3. The summed E-state index contributed by atoms with van der Waals surface area (Å²) >= 11 is 0. The van der Waals surface area contributed by atoms with Crippen LogP contribution in [0.1, 0.15) is 64.4 Å². The minimum atomic E-state index is -0.416. The van der Waals surface area contributed by atoms with Gasteiger partial charge in [0, 0.05) is 18.8 Å². The Morgan fingerprint density at radius 3 is 2.56 bits per heavy atom. The van der Waals surface area contributed by atoms with Gasteiger partial charge in [-0.1, -0.05) is 25.8 Å². The maximum absolute atomic E-state index is 12.6. The summed E-state index contributed by atoms with van der Waals surface area (Å²) in [6, 6.07) is 5.37. The van der Waals surface area contributed by atoms with Gasteiger partial charge >= 0.3 is 11.9 Å². The number of carbonyl (C=O) groups is 2. The lowest BCUT2D eigenvalue weighted by Gasteiger charge is -2.44. The Labute approximate surface area is 203 Å². The Bertz CT molecular complexity index is 779. The second-order valence-corrected chi connectivity index (χ2v) is 9.27. The van der Waals surface area contributed by atoms with Gasteiger partial charge in [0.1, 0.15) is 12.2 Å². The molecule has 0 spiro atoms. The highest BCUT2D eigenvalue weighted by Crippen LogP contribution is 2.42. The first-order chi connectivity index (χ1) is 16.3. The van der Waals surface area contributed by atoms with Crippen LogP contribution in [0.3, 0.4) is 0 Å². The van der Waals surface area contributed by atoms with Crippen molar-refractivity contribution in [3.63, 3.8) is 0 Å². The van der Waals surface area contributed by atoms with E-state index in [0.717, 1.165) is 57.2 Å². The second-order valence-electron chi connectivity index (χ2n) is 9.27. The third kappa shape index (κ3) is 8.47. The lowest BCUT2D eigenvalue weighted by atomic mass is 9.68. The van der Waals surface area contributed by atoms with E-state index >= 15 is 0 Å². The quantitative estimate of drug-likeness (QED) is 0.276. The van der Waals surface area contributed by atoms with Gasteiger partial charge in [-0.05, 0) is 69.9 Å². The second kappa shape index (κ2) is 14.2. The van der Waals surface area contributed by atoms with E-state index < -0.39 is 6.10 Å². The molecule has 8 nitrogen and oxygen atoms in total. The number of hydrogen-bond acceptors (Lipinski definition) is 8. The average Bonchev–Trinajstić information content (AvgIpc) is 2.80. The van der Waals surface area contributed by atoms with Crippen molar-refractivity contribution in [2.45, 2.75) is 77.4 Å². The van der Waals surface area contributed by atoms with E-state index in [1.807, 2.05) is 12.1 Å². The molecule has 8 heteroatoms. The van der Waals surface area contributed by atoms with Crippen molar-refractivity contribution < 1.29 is 28.9 Å². The molecule has 1 heterocycles. The Morgan fingerprint density at radius 2 is 1.94 bits per heavy atom. The fraction of sp³-hybridized carbons (Fsp3) is 0.692. The molecular formula is C26H42N2O6. The molecule has 3 N–H and O–H groups in total. The molecular weight excluding hydrogens is 436 g/mol. The Morgan fingerprint density at radius 1 is 1.21 bits per heavy atom. The van der Waals surface area contributed by atoms with Gasteiger partial charge in [-0.15, -0.1) is 0 Å². The van der Waals surface area contributed by atoms with Gasteiger partial charge in [0.25, 0.3) is 0 Å². The van der Waals surface area contributed by atoms with Crippen molar-refractivity contribution in [3.8, 4) is 11.5 Å². The molecule has 1 aromatic rings. The predicted molar refractivity (Wildman–Crippen MR) is 131 cm³/mol. The van der Waals surface area contributed by atoms with Gasteiger partial charge in [0.2, 0.25) is 0 Å². The zero-order chi connectivity index (χ0) is 25.0. The zero-order valence-corrected chi connectivity index (χ0v) is 21.2. The molecule has 2 atom stereocenters. The number of piperidine rings is 1. The van der Waals surface area contributed by atoms with Gasteiger partial charge in [0.15, 0.2) is 11.5 Å². The van der Waals surface area contributed by atoms with Gasteiger partial charge in [-0.3, -0.25) is 9.59 Å². The van der Waals surface area contributed by atoms with Crippen molar-refractivity contribution >= 4 is 11.9 Å². The smallest absolute Gasteiger partial charge is 0.320 e. The van der Waals surface area contributed by atoms with E-state index in [-0.39, 0.29) is 35.8 Å². The van der Waals surface area contributed by atoms with Crippen LogP contribution >= 0.6 is 0 Å². The number of carbonyl (C=O) groups excluding carboxylic acids is 2. The van der Waals surface area contributed by atoms with Gasteiger partial charge in [-0.2, -0.15) is 0 Å². The number of unbranched alkanes of at least 4 members (excludes halogenated alkanes) is 2. The molecule has 0 radical (unpaired) electrons. The highest BCUT2D eigenvalue weighted by molar-refractivity contribution is 5.72. The summed E-state index contributed by atoms with van der Waals surface area (Å²) in [5, 5.41) is 16.3. The third-order valence-electron chi connectivity index (χ3n) is 6.62. The lowest BCUT2D eigenvalue weighted by molar-refractivity contribution is -0.163. The lowest BCUT2D eigenvalue weighted by Crippen LogP contribution is -2.49. The van der Waals surface area contributed by atoms with E-state index in [0.29, 0.717) is 18.6 Å². The zero-order valence-electron chi connectivity index (χ0n) is 21.2. The first-order valence-corrected chi connectivity index (χ1v) is 12.4. The number of benzene rings is 1. The van der Waals surface area contributed by atoms with E-state index in [1.54, 1.807) is 13.1 Å². The number of phenols is 1. The van der Waals surface area contributed by atoms with Crippen LogP contribution in [0.15, 0.2) is 18.2 Å². The Kier molecular flexibility index (Phi) is 11.6. The molecule has 1 aromatic carbocycles. The topological polar surface area (TPSA) is 106 Å². The number of esters is 2. The molecule has 192 valence electrons. The summed E-state index contributed by atoms with van der Waals surface area (Å²) < 4.78 is 17.1. The summed E-state index contributed by atoms with van der Waals surface area (Å²) in [6.45, 7) is 5.30. The molecule has 0 amide bonds. The summed E-state index contributed by atoms with van der Waals surface area (Å²) in [7, 11) is 3.24. The van der Waals surface area contributed by atoms with Gasteiger partial charge < -0.3 is 30.0 Å². The Balaban J connectivity index is 2.37. The number of nitrogens with one attached hydrogen (secondary N) is 2. The van der Waals surface area contributed by atoms with Crippen LogP contribution in [-0.4, -0.2) is 63.0 Å². The van der Waals surface area contributed by atoms with Crippen LogP contribution in [0, 0.1) is 5.41 Å². The van der Waals surface area contributed by atoms with Crippen LogP contribution in [0.4, 0.5) is 0 Å². The molecule has 1 fully saturated rings. The maximum atomic E-state index is 12.6. The number of methoxy groups -OCH3 is 1. The molecule has 0 aliphatic carbocycles. The maximum Gasteiger partial charge on any atom is 0.320 e. The highest BCUT2D eigenvalue weighted by Gasteiger charge is 2.43. The Hall–Kier alpha value is -2.32. The number of likely N-dealkylation sites (N-methyl/N-ethyl adjacent to an activating group) is 1. The van der Waals surface area contributed by atoms with E-state index in [9.17, 15) is 14.7 Å². The number of rotatable bonds is 14. The SMILES string of the molecule is CCCCCC(CC(OC(=O)CNC)C1(Cc2ccc(O)c(OC)c2)CCNCC1)OC(C)=O. The molecule has 1 aliphatic heterocycles. The number of hydrogen-bond donors (Lipinski definition) is 3. The number of phenolic OH excluding ortho intramolecular Hbond substituents is 1. The minimum absolute atomic E-state index is 0.0912. The third-order valence-corrected chi connectivity index (χ3v) is 6.62. The first kappa shape index (κ1) is 27.9. The normalized spacial score (nSPS) is 16.9.